The van der Waals surface area contributed by atoms with E-state index in [2.05, 4.69) is 83.1 Å². The molecule has 0 aromatic rings. The van der Waals surface area contributed by atoms with Gasteiger partial charge in [-0.15, -0.1) is 0 Å². The van der Waals surface area contributed by atoms with E-state index in [1.165, 1.54) is 77.0 Å². The van der Waals surface area contributed by atoms with Crippen LogP contribution in [0.4, 0.5) is 0 Å². The summed E-state index contributed by atoms with van der Waals surface area (Å²) in [4.78, 5) is 69.5. The van der Waals surface area contributed by atoms with E-state index in [-0.39, 0.29) is 21.1 Å². The van der Waals surface area contributed by atoms with Gasteiger partial charge in [0.05, 0.1) is 0 Å². The molecule has 0 saturated carbocycles. The third-order valence-electron chi connectivity index (χ3n) is 16.2. The maximum absolute atomic E-state index is 11.6. The first kappa shape index (κ1) is 106. The maximum Gasteiger partial charge on any atom is 0.0148 e. The van der Waals surface area contributed by atoms with Gasteiger partial charge in [-0.3, -0.25) is 0 Å². The summed E-state index contributed by atoms with van der Waals surface area (Å²) in [5, 5.41) is 0. The molecule has 0 spiro atoms. The summed E-state index contributed by atoms with van der Waals surface area (Å²) in [7, 11) is -18.1. The molecule has 0 rings (SSSR count). The molecule has 0 atom stereocenters. The van der Waals surface area contributed by atoms with Crippen molar-refractivity contribution in [1.29, 1.82) is 0 Å². The Morgan fingerprint density at radius 2 is 0.209 bits per heavy atom. The predicted molar refractivity (Wildman–Crippen MR) is 394 cm³/mol. The van der Waals surface area contributed by atoms with Crippen molar-refractivity contribution >= 4 is 44.2 Å². The molecular weight excluding hydrogens is 1340 g/mol. The quantitative estimate of drug-likeness (QED) is 0.0314. The minimum atomic E-state index is -3.02. The van der Waals surface area contributed by atoms with Crippen LogP contribution in [0.5, 0.6) is 0 Å². The van der Waals surface area contributed by atoms with Gasteiger partial charge in [0.15, 0.2) is 0 Å². The molecule has 0 radical (unpaired) electrons. The van der Waals surface area contributed by atoms with Crippen LogP contribution in [0.2, 0.25) is 0 Å². The van der Waals surface area contributed by atoms with E-state index < -0.39 is 44.2 Å². The number of hydrogen-bond acceptors (Lipinski definition) is 12. The maximum atomic E-state index is 11.6. The molecule has 19 heteroatoms. The normalized spacial score (nSPS) is 11.8. The minimum absolute atomic E-state index is 0. The molecule has 0 aliphatic rings. The molecule has 0 unspecified atom stereocenters. The summed E-state index contributed by atoms with van der Waals surface area (Å²) in [6.07, 6.45) is 56.3. The Balaban J connectivity index is -0.000000186. The number of rotatable bonds is 60. The minimum Gasteiger partial charge on any atom is -0.799 e. The van der Waals surface area contributed by atoms with Crippen molar-refractivity contribution < 1.29 is 77.8 Å². The molecular formula is C72H156MoO12P6-6. The van der Waals surface area contributed by atoms with E-state index >= 15 is 0 Å². The molecule has 0 aromatic carbocycles. The van der Waals surface area contributed by atoms with Crippen molar-refractivity contribution in [3.8, 4) is 0 Å². The molecule has 0 aliphatic carbocycles. The third kappa shape index (κ3) is 101. The van der Waals surface area contributed by atoms with Crippen molar-refractivity contribution in [1.82, 2.24) is 0 Å². The number of unbranched alkanes of at least 4 members (excludes halogenated alkanes) is 36. The van der Waals surface area contributed by atoms with Crippen molar-refractivity contribution in [2.24, 2.45) is 0 Å². The van der Waals surface area contributed by atoms with E-state index in [4.69, 9.17) is 0 Å². The van der Waals surface area contributed by atoms with Gasteiger partial charge in [0.25, 0.3) is 0 Å². The van der Waals surface area contributed by atoms with E-state index in [0.29, 0.717) is 73.9 Å². The molecule has 0 fully saturated rings. The van der Waals surface area contributed by atoms with E-state index in [1.807, 2.05) is 0 Å². The first-order chi connectivity index (χ1) is 42.7. The topological polar surface area (TPSA) is 241 Å². The van der Waals surface area contributed by atoms with E-state index in [9.17, 15) is 56.8 Å². The van der Waals surface area contributed by atoms with Crippen LogP contribution in [0.3, 0.4) is 0 Å². The fourth-order valence-corrected chi connectivity index (χ4v) is 19.8. The first-order valence-electron chi connectivity index (χ1n) is 38.5. The van der Waals surface area contributed by atoms with Gasteiger partial charge in [0.1, 0.15) is 0 Å². The second kappa shape index (κ2) is 79.2. The zero-order chi connectivity index (χ0) is 69.4. The Labute approximate surface area is 583 Å². The molecule has 0 heterocycles. The number of hydrogen-bond donors (Lipinski definition) is 0. The predicted octanol–water partition coefficient (Wildman–Crippen LogP) is 22.7. The summed E-state index contributed by atoms with van der Waals surface area (Å²) >= 11 is 0. The zero-order valence-corrected chi connectivity index (χ0v) is 69.8. The average molecular weight is 1500 g/mol. The molecule has 91 heavy (non-hydrogen) atoms. The molecule has 558 valence electrons. The monoisotopic (exact) mass is 1500 g/mol. The van der Waals surface area contributed by atoms with Crippen molar-refractivity contribution in [2.75, 3.05) is 73.9 Å². The fourth-order valence-electron chi connectivity index (χ4n) is 10.0. The zero-order valence-electron chi connectivity index (χ0n) is 62.4. The second-order valence-corrected chi connectivity index (χ2v) is 41.4. The second-order valence-electron chi connectivity index (χ2n) is 26.3. The molecule has 0 aliphatic heterocycles. The van der Waals surface area contributed by atoms with Crippen LogP contribution in [0.15, 0.2) is 0 Å². The molecule has 0 amide bonds. The van der Waals surface area contributed by atoms with Gasteiger partial charge in [0.2, 0.25) is 0 Å². The van der Waals surface area contributed by atoms with Crippen molar-refractivity contribution in [2.45, 2.75) is 391 Å². The van der Waals surface area contributed by atoms with Gasteiger partial charge in [0, 0.05) is 65.3 Å². The Kier molecular flexibility index (Phi) is 92.4. The van der Waals surface area contributed by atoms with Gasteiger partial charge >= 0.3 is 0 Å². The van der Waals surface area contributed by atoms with Crippen molar-refractivity contribution in [3.63, 3.8) is 0 Å². The van der Waals surface area contributed by atoms with E-state index in [1.54, 1.807) is 0 Å². The molecule has 0 saturated heterocycles. The summed E-state index contributed by atoms with van der Waals surface area (Å²) in [5.74, 6) is 0. The first-order valence-corrected chi connectivity index (χ1v) is 50.4. The van der Waals surface area contributed by atoms with Crippen LogP contribution in [0.25, 0.3) is 0 Å². The van der Waals surface area contributed by atoms with E-state index in [0.717, 1.165) is 231 Å². The molecule has 0 N–H and O–H groups in total. The fraction of sp³-hybridized carbons (Fsp3) is 1.00. The van der Waals surface area contributed by atoms with Crippen LogP contribution in [0, 0.1) is 0 Å². The van der Waals surface area contributed by atoms with Gasteiger partial charge in [-0.25, -0.2) is 0 Å². The summed E-state index contributed by atoms with van der Waals surface area (Å²) in [6.45, 7) is 25.7. The van der Waals surface area contributed by atoms with Gasteiger partial charge < -0.3 is 56.8 Å². The molecule has 0 bridgehead atoms. The van der Waals surface area contributed by atoms with Crippen LogP contribution in [-0.2, 0) is 48.5 Å². The van der Waals surface area contributed by atoms with Gasteiger partial charge in [-0.05, 0) is 151 Å². The van der Waals surface area contributed by atoms with Crippen molar-refractivity contribution in [3.05, 3.63) is 0 Å². The van der Waals surface area contributed by atoms with Crippen LogP contribution >= 0.6 is 44.2 Å². The van der Waals surface area contributed by atoms with Crippen LogP contribution in [0.1, 0.15) is 391 Å². The Hall–Kier alpha value is 1.83. The Bertz CT molecular complexity index is 1300. The summed E-state index contributed by atoms with van der Waals surface area (Å²) in [6, 6.07) is 0. The Morgan fingerprint density at radius 3 is 0.264 bits per heavy atom. The Morgan fingerprint density at radius 1 is 0.143 bits per heavy atom. The molecule has 12 nitrogen and oxygen atoms in total. The van der Waals surface area contributed by atoms with Gasteiger partial charge in [-0.2, -0.15) is 0 Å². The average Bonchev–Trinajstić information content (AvgIpc) is 3.61. The molecule has 0 aromatic heterocycles. The van der Waals surface area contributed by atoms with Crippen LogP contribution < -0.4 is 29.4 Å². The standard InChI is InChI=1S/6C12H27O2P.Mo/c6*1-3-5-7-9-11-15(13,14)12-10-8-6-4-2;/h6*3-12H2,1-2H3,(H,13,14);/p-6. The smallest absolute Gasteiger partial charge is 0.0148 e. The van der Waals surface area contributed by atoms with Gasteiger partial charge in [-0.1, -0.05) is 314 Å². The largest absolute Gasteiger partial charge is 0.799 e. The SMILES string of the molecule is CCCCCCP(=O)([O-])CCCCCC.CCCCCCP(=O)([O-])CCCCCC.CCCCCCP(=O)([O-])CCCCCC.CCCCCCP(=O)([O-])CCCCCC.CCCCCCP(=O)([O-])CCCCCC.CCCCCCP(=O)([O-])CCCCCC.[Mo]. The van der Waals surface area contributed by atoms with Crippen LogP contribution in [-0.4, -0.2) is 73.9 Å². The summed E-state index contributed by atoms with van der Waals surface area (Å²) in [5.41, 5.74) is 0. The third-order valence-corrected chi connectivity index (χ3v) is 28.2. The summed E-state index contributed by atoms with van der Waals surface area (Å²) < 4.78 is 69.5.